The summed E-state index contributed by atoms with van der Waals surface area (Å²) in [5.74, 6) is 0.653. The van der Waals surface area contributed by atoms with Crippen LogP contribution < -0.4 is 20.4 Å². The number of ether oxygens (including phenoxy) is 4. The van der Waals surface area contributed by atoms with E-state index < -0.39 is 26.4 Å². The molecule has 0 aliphatic carbocycles. The molecule has 51 heavy (non-hydrogen) atoms. The molecule has 2 N–H and O–H groups in total. The lowest BCUT2D eigenvalue weighted by atomic mass is 9.77. The second kappa shape index (κ2) is 16.7. The summed E-state index contributed by atoms with van der Waals surface area (Å²) in [6.45, 7) is 7.76. The van der Waals surface area contributed by atoms with Gasteiger partial charge in [-0.25, -0.2) is 9.97 Å². The number of halogens is 1. The molecule has 2 aliphatic heterocycles. The molecule has 262 valence electrons. The van der Waals surface area contributed by atoms with Crippen LogP contribution in [0.1, 0.15) is 67.0 Å². The monoisotopic (exact) mass is 715 g/mol. The van der Waals surface area contributed by atoms with Crippen molar-refractivity contribution < 1.29 is 47.9 Å². The predicted molar refractivity (Wildman–Crippen MR) is 182 cm³/mol. The van der Waals surface area contributed by atoms with E-state index in [1.807, 2.05) is 19.9 Å². The number of carbonyl (C=O) groups excluding carboxylic acids is 2. The molecule has 0 spiro atoms. The third-order valence-electron chi connectivity index (χ3n) is 7.64. The van der Waals surface area contributed by atoms with Gasteiger partial charge in [-0.3, -0.25) is 9.59 Å². The normalized spacial score (nSPS) is 15.6. The van der Waals surface area contributed by atoms with Gasteiger partial charge in [-0.2, -0.15) is 15.2 Å². The topological polar surface area (TPSA) is 205 Å². The van der Waals surface area contributed by atoms with Crippen molar-refractivity contribution in [1.29, 1.82) is 5.26 Å². The van der Waals surface area contributed by atoms with Crippen LogP contribution in [0.15, 0.2) is 48.8 Å². The molecule has 6 rings (SSSR count). The second-order valence-electron chi connectivity index (χ2n) is 11.2. The minimum atomic E-state index is -1.16. The second-order valence-corrected chi connectivity index (χ2v) is 11.5. The Hall–Kier alpha value is -5.11. The highest BCUT2D eigenvalue weighted by Crippen LogP contribution is 2.34. The summed E-state index contributed by atoms with van der Waals surface area (Å²) in [4.78, 5) is 39.0. The van der Waals surface area contributed by atoms with Gasteiger partial charge in [-0.1, -0.05) is 0 Å². The van der Waals surface area contributed by atoms with Gasteiger partial charge in [-0.05, 0) is 96.7 Å². The molecule has 4 heterocycles. The highest BCUT2D eigenvalue weighted by molar-refractivity contribution is 6.62. The van der Waals surface area contributed by atoms with Crippen LogP contribution in [0.25, 0.3) is 0 Å². The molecule has 2 aromatic carbocycles. The zero-order chi connectivity index (χ0) is 36.7. The van der Waals surface area contributed by atoms with Crippen LogP contribution in [0, 0.1) is 25.2 Å². The Bertz CT molecular complexity index is 1970. The maximum Gasteiger partial charge on any atom is 0.492 e. The molecule has 2 unspecified atom stereocenters. The van der Waals surface area contributed by atoms with Crippen LogP contribution in [0.2, 0.25) is 5.28 Å². The van der Waals surface area contributed by atoms with Crippen molar-refractivity contribution >= 4 is 48.7 Å². The van der Waals surface area contributed by atoms with Gasteiger partial charge < -0.3 is 38.3 Å². The summed E-state index contributed by atoms with van der Waals surface area (Å²) >= 11 is 5.75. The number of aromatic nitrogens is 4. The van der Waals surface area contributed by atoms with Crippen LogP contribution >= 0.6 is 11.6 Å². The number of aryl methyl sites for hydroxylation is 2. The zero-order valence-corrected chi connectivity index (χ0v) is 28.8. The molecular formula is C33H32B2ClN5O10. The average molecular weight is 716 g/mol. The largest absolute Gasteiger partial charge is 0.492 e. The Kier molecular flexibility index (Phi) is 12.2. The van der Waals surface area contributed by atoms with E-state index in [4.69, 9.17) is 45.1 Å². The number of benzene rings is 2. The van der Waals surface area contributed by atoms with Gasteiger partial charge in [0.2, 0.25) is 22.9 Å². The first-order chi connectivity index (χ1) is 24.5. The first kappa shape index (κ1) is 37.2. The number of fused-ring (bicyclic) bond motifs is 2. The van der Waals surface area contributed by atoms with Gasteiger partial charge in [0, 0.05) is 24.5 Å². The van der Waals surface area contributed by atoms with Crippen molar-refractivity contribution in [2.75, 3.05) is 13.2 Å². The molecule has 2 aliphatic rings. The smallest absolute Gasteiger partial charge is 0.466 e. The minimum absolute atomic E-state index is 0.00162. The van der Waals surface area contributed by atoms with E-state index in [-0.39, 0.29) is 54.3 Å². The van der Waals surface area contributed by atoms with Crippen molar-refractivity contribution in [3.63, 3.8) is 0 Å². The van der Waals surface area contributed by atoms with Crippen molar-refractivity contribution in [1.82, 2.24) is 19.9 Å². The molecule has 4 aromatic rings. The maximum absolute atomic E-state index is 11.7. The van der Waals surface area contributed by atoms with Crippen LogP contribution in [-0.2, 0) is 28.4 Å². The van der Waals surface area contributed by atoms with Crippen molar-refractivity contribution in [3.8, 4) is 29.3 Å². The van der Waals surface area contributed by atoms with Gasteiger partial charge in [0.25, 0.3) is 0 Å². The summed E-state index contributed by atoms with van der Waals surface area (Å²) in [5, 5.41) is 29.3. The van der Waals surface area contributed by atoms with Crippen LogP contribution in [0.3, 0.4) is 0 Å². The van der Waals surface area contributed by atoms with Crippen LogP contribution in [0.4, 0.5) is 0 Å². The lowest BCUT2D eigenvalue weighted by molar-refractivity contribution is -0.146. The van der Waals surface area contributed by atoms with E-state index in [9.17, 15) is 19.6 Å². The van der Waals surface area contributed by atoms with E-state index in [1.165, 1.54) is 18.5 Å². The molecule has 2 aromatic heterocycles. The summed E-state index contributed by atoms with van der Waals surface area (Å²) < 4.78 is 32.3. The molecule has 0 saturated carbocycles. The Morgan fingerprint density at radius 1 is 0.824 bits per heavy atom. The molecule has 0 fully saturated rings. The van der Waals surface area contributed by atoms with E-state index in [2.05, 4.69) is 19.9 Å². The Morgan fingerprint density at radius 2 is 1.29 bits per heavy atom. The fourth-order valence-corrected chi connectivity index (χ4v) is 5.84. The fraction of sp³-hybridized carbons (Fsp3) is 0.303. The Balaban J connectivity index is 0.000000198. The number of hydrogen-bond donors (Lipinski definition) is 2. The third kappa shape index (κ3) is 9.17. The number of esters is 2. The maximum atomic E-state index is 11.7. The number of carbonyl (C=O) groups is 2. The van der Waals surface area contributed by atoms with Crippen LogP contribution in [-0.4, -0.2) is 69.4 Å². The number of rotatable bonds is 10. The molecule has 18 heteroatoms. The van der Waals surface area contributed by atoms with Gasteiger partial charge in [-0.15, -0.1) is 0 Å². The zero-order valence-electron chi connectivity index (χ0n) is 28.0. The highest BCUT2D eigenvalue weighted by Gasteiger charge is 2.39. The van der Waals surface area contributed by atoms with Gasteiger partial charge >= 0.3 is 26.2 Å². The summed E-state index contributed by atoms with van der Waals surface area (Å²) in [5.41, 5.74) is 4.25. The molecule has 0 amide bonds. The van der Waals surface area contributed by atoms with Crippen molar-refractivity contribution in [2.24, 2.45) is 0 Å². The SMILES string of the molecule is CCOC(=O)CC1OB(O)c2cc(Oc3ccnc(C#N)n3)cc(C)c21.CCOC(=O)CC1OB(O)c2cc(Oc3ccnc(Cl)n3)cc(C)c21. The van der Waals surface area contributed by atoms with E-state index in [0.29, 0.717) is 29.0 Å². The molecule has 15 nitrogen and oxygen atoms in total. The number of hydrogen-bond acceptors (Lipinski definition) is 15. The number of nitriles is 1. The lowest BCUT2D eigenvalue weighted by Crippen LogP contribution is -2.28. The first-order valence-electron chi connectivity index (χ1n) is 15.8. The van der Waals surface area contributed by atoms with E-state index in [0.717, 1.165) is 22.3 Å². The van der Waals surface area contributed by atoms with E-state index in [1.54, 1.807) is 44.2 Å². The average Bonchev–Trinajstić information content (AvgIpc) is 3.56. The number of nitrogens with zero attached hydrogens (tertiary/aromatic N) is 5. The quantitative estimate of drug-likeness (QED) is 0.138. The summed E-state index contributed by atoms with van der Waals surface area (Å²) in [6, 6.07) is 11.8. The lowest BCUT2D eigenvalue weighted by Gasteiger charge is -2.14. The van der Waals surface area contributed by atoms with Gasteiger partial charge in [0.15, 0.2) is 0 Å². The van der Waals surface area contributed by atoms with Gasteiger partial charge in [0.05, 0.1) is 38.3 Å². The highest BCUT2D eigenvalue weighted by atomic mass is 35.5. The molecule has 0 bridgehead atoms. The standard InChI is InChI=1S/C17H16BN3O5.C16H16BClN2O5/c1-3-24-16(22)8-13-17-10(2)6-11(7-12(17)18(23)26-13)25-15-4-5-20-14(9-19)21-15;1-3-23-14(21)8-12-15-9(2)6-10(7-11(15)17(22)25-12)24-13-4-5-19-16(18)20-13/h4-7,13,23H,3,8H2,1-2H3;4-7,12,22H,3,8H2,1-2H3. The van der Waals surface area contributed by atoms with Gasteiger partial charge in [0.1, 0.15) is 17.6 Å². The molecule has 0 radical (unpaired) electrons. The van der Waals surface area contributed by atoms with Crippen molar-refractivity contribution in [2.45, 2.75) is 52.7 Å². The molecule has 0 saturated heterocycles. The van der Waals surface area contributed by atoms with Crippen LogP contribution in [0.5, 0.6) is 23.3 Å². The Labute approximate surface area is 298 Å². The summed E-state index contributed by atoms with van der Waals surface area (Å²) in [7, 11) is -2.29. The van der Waals surface area contributed by atoms with E-state index >= 15 is 0 Å². The third-order valence-corrected chi connectivity index (χ3v) is 7.82. The minimum Gasteiger partial charge on any atom is -0.466 e. The van der Waals surface area contributed by atoms with Crippen molar-refractivity contribution in [3.05, 3.63) is 82.2 Å². The summed E-state index contributed by atoms with van der Waals surface area (Å²) in [6.07, 6.45) is 1.85. The first-order valence-corrected chi connectivity index (χ1v) is 16.2. The fourth-order valence-electron chi connectivity index (χ4n) is 5.70. The molecule has 2 atom stereocenters. The Morgan fingerprint density at radius 3 is 1.75 bits per heavy atom. The predicted octanol–water partition coefficient (Wildman–Crippen LogP) is 3.10. The molecular weight excluding hydrogens is 683 g/mol.